The topological polar surface area (TPSA) is 81.5 Å². The Hall–Kier alpha value is -2.56. The summed E-state index contributed by atoms with van der Waals surface area (Å²) in [5, 5.41) is 9.63. The monoisotopic (exact) mass is 415 g/mol. The molecule has 0 aromatic heterocycles. The van der Waals surface area contributed by atoms with Gasteiger partial charge in [0, 0.05) is 17.3 Å². The van der Waals surface area contributed by atoms with E-state index in [4.69, 9.17) is 16.9 Å². The first-order valence-corrected chi connectivity index (χ1v) is 11.0. The number of nitriles is 1. The molecule has 8 heteroatoms. The molecule has 6 nitrogen and oxygen atoms in total. The number of benzene rings is 2. The number of anilines is 1. The Bertz CT molecular complexity index is 1110. The zero-order chi connectivity index (χ0) is 20.1. The van der Waals surface area contributed by atoms with E-state index in [2.05, 4.69) is 6.07 Å². The predicted molar refractivity (Wildman–Crippen MR) is 107 cm³/mol. The number of fused-ring (bicyclic) bond motifs is 1. The van der Waals surface area contributed by atoms with Crippen LogP contribution in [0.1, 0.15) is 16.7 Å². The zero-order valence-corrected chi connectivity index (χ0v) is 16.7. The van der Waals surface area contributed by atoms with Gasteiger partial charge in [-0.15, -0.1) is 0 Å². The van der Waals surface area contributed by atoms with Gasteiger partial charge in [-0.3, -0.25) is 4.90 Å². The van der Waals surface area contributed by atoms with Crippen molar-refractivity contribution in [2.75, 3.05) is 16.4 Å². The normalized spacial score (nSPS) is 23.0. The number of rotatable bonds is 3. The largest absolute Gasteiger partial charge is 0.325 e. The Morgan fingerprint density at radius 2 is 1.93 bits per heavy atom. The lowest BCUT2D eigenvalue weighted by Crippen LogP contribution is -2.37. The summed E-state index contributed by atoms with van der Waals surface area (Å²) in [6, 6.07) is 13.3. The number of urea groups is 1. The maximum absolute atomic E-state index is 13.2. The van der Waals surface area contributed by atoms with E-state index >= 15 is 0 Å². The third kappa shape index (κ3) is 3.23. The van der Waals surface area contributed by atoms with Crippen LogP contribution in [0.2, 0.25) is 5.02 Å². The lowest BCUT2D eigenvalue weighted by atomic mass is 10.1. The highest BCUT2D eigenvalue weighted by molar-refractivity contribution is 7.91. The standard InChI is InChI=1S/C20H18ClN3O3S/c1-13-5-6-16(8-17(13)21)24-19-12-28(26,27)11-18(19)23(20(24)25)10-15-4-2-3-14(7-15)9-22/h2-8,18-19H,10-12H2,1H3/t18-,19+/m1/s1. The van der Waals surface area contributed by atoms with Crippen molar-refractivity contribution in [3.63, 3.8) is 0 Å². The van der Waals surface area contributed by atoms with Gasteiger partial charge >= 0.3 is 6.03 Å². The van der Waals surface area contributed by atoms with Gasteiger partial charge in [-0.2, -0.15) is 5.26 Å². The fraction of sp³-hybridized carbons (Fsp3) is 0.300. The van der Waals surface area contributed by atoms with E-state index < -0.39 is 21.9 Å². The highest BCUT2D eigenvalue weighted by Gasteiger charge is 2.53. The van der Waals surface area contributed by atoms with Crippen LogP contribution in [0.15, 0.2) is 42.5 Å². The van der Waals surface area contributed by atoms with Crippen LogP contribution in [-0.4, -0.2) is 42.9 Å². The van der Waals surface area contributed by atoms with Gasteiger partial charge in [-0.1, -0.05) is 29.8 Å². The average Bonchev–Trinajstić information content (AvgIpc) is 3.08. The summed E-state index contributed by atoms with van der Waals surface area (Å²) in [5.41, 5.74) is 2.78. The Labute approximate surface area is 168 Å². The third-order valence-electron chi connectivity index (χ3n) is 5.32. The second-order valence-electron chi connectivity index (χ2n) is 7.24. The summed E-state index contributed by atoms with van der Waals surface area (Å²) in [7, 11) is -3.25. The summed E-state index contributed by atoms with van der Waals surface area (Å²) in [6.45, 7) is 2.12. The molecule has 2 heterocycles. The van der Waals surface area contributed by atoms with Crippen LogP contribution in [0, 0.1) is 18.3 Å². The molecule has 0 spiro atoms. The Balaban J connectivity index is 1.72. The molecule has 0 N–H and O–H groups in total. The number of amides is 2. The lowest BCUT2D eigenvalue weighted by Gasteiger charge is -2.23. The second-order valence-corrected chi connectivity index (χ2v) is 9.80. The van der Waals surface area contributed by atoms with Crippen molar-refractivity contribution in [1.29, 1.82) is 5.26 Å². The van der Waals surface area contributed by atoms with Crippen LogP contribution in [0.5, 0.6) is 0 Å². The fourth-order valence-electron chi connectivity index (χ4n) is 3.93. The molecule has 4 rings (SSSR count). The highest BCUT2D eigenvalue weighted by Crippen LogP contribution is 2.37. The number of halogens is 1. The van der Waals surface area contributed by atoms with Gasteiger partial charge in [0.1, 0.15) is 0 Å². The molecule has 2 atom stereocenters. The summed E-state index contributed by atoms with van der Waals surface area (Å²) >= 11 is 6.24. The summed E-state index contributed by atoms with van der Waals surface area (Å²) < 4.78 is 24.6. The molecule has 0 saturated carbocycles. The number of sulfone groups is 1. The first kappa shape index (κ1) is 18.8. The van der Waals surface area contributed by atoms with Crippen molar-refractivity contribution in [3.05, 3.63) is 64.2 Å². The van der Waals surface area contributed by atoms with Gasteiger partial charge in [0.2, 0.25) is 0 Å². The van der Waals surface area contributed by atoms with E-state index in [-0.39, 0.29) is 24.1 Å². The van der Waals surface area contributed by atoms with Crippen molar-refractivity contribution < 1.29 is 13.2 Å². The molecule has 0 aliphatic carbocycles. The van der Waals surface area contributed by atoms with Crippen LogP contribution in [0.4, 0.5) is 10.5 Å². The molecule has 0 bridgehead atoms. The average molecular weight is 416 g/mol. The van der Waals surface area contributed by atoms with Crippen molar-refractivity contribution in [2.45, 2.75) is 25.6 Å². The smallest absolute Gasteiger partial charge is 0.314 e. The molecule has 2 aromatic carbocycles. The maximum atomic E-state index is 13.2. The van der Waals surface area contributed by atoms with Crippen LogP contribution in [-0.2, 0) is 16.4 Å². The van der Waals surface area contributed by atoms with Crippen LogP contribution in [0.3, 0.4) is 0 Å². The predicted octanol–water partition coefficient (Wildman–Crippen LogP) is 3.13. The van der Waals surface area contributed by atoms with Gasteiger partial charge in [0.05, 0.1) is 35.2 Å². The van der Waals surface area contributed by atoms with Crippen LogP contribution >= 0.6 is 11.6 Å². The van der Waals surface area contributed by atoms with E-state index in [0.717, 1.165) is 11.1 Å². The summed E-state index contributed by atoms with van der Waals surface area (Å²) in [4.78, 5) is 16.4. The quantitative estimate of drug-likeness (QED) is 0.721. The van der Waals surface area contributed by atoms with Gasteiger partial charge in [0.25, 0.3) is 0 Å². The van der Waals surface area contributed by atoms with Crippen LogP contribution < -0.4 is 4.90 Å². The molecule has 2 aliphatic heterocycles. The van der Waals surface area contributed by atoms with E-state index in [1.807, 2.05) is 19.1 Å². The number of aryl methyl sites for hydroxylation is 1. The maximum Gasteiger partial charge on any atom is 0.325 e. The molecule has 2 fully saturated rings. The van der Waals surface area contributed by atoms with Gasteiger partial charge in [-0.25, -0.2) is 13.2 Å². The Morgan fingerprint density at radius 3 is 2.64 bits per heavy atom. The zero-order valence-electron chi connectivity index (χ0n) is 15.2. The van der Waals surface area contributed by atoms with Crippen molar-refractivity contribution in [3.8, 4) is 6.07 Å². The third-order valence-corrected chi connectivity index (χ3v) is 7.43. The first-order valence-electron chi connectivity index (χ1n) is 8.84. The van der Waals surface area contributed by atoms with Gasteiger partial charge in [0.15, 0.2) is 9.84 Å². The minimum Gasteiger partial charge on any atom is -0.314 e. The van der Waals surface area contributed by atoms with Crippen molar-refractivity contribution >= 4 is 33.2 Å². The number of carbonyl (C=O) groups is 1. The van der Waals surface area contributed by atoms with Gasteiger partial charge in [-0.05, 0) is 42.3 Å². The molecule has 144 valence electrons. The summed E-state index contributed by atoms with van der Waals surface area (Å²) in [6.07, 6.45) is 0. The Kier molecular flexibility index (Phi) is 4.56. The number of carbonyl (C=O) groups excluding carboxylic acids is 1. The fourth-order valence-corrected chi connectivity index (χ4v) is 6.06. The summed E-state index contributed by atoms with van der Waals surface area (Å²) in [5.74, 6) is -0.124. The second kappa shape index (κ2) is 6.80. The minimum absolute atomic E-state index is 0.0581. The van der Waals surface area contributed by atoms with E-state index in [0.29, 0.717) is 16.3 Å². The lowest BCUT2D eigenvalue weighted by molar-refractivity contribution is 0.206. The van der Waals surface area contributed by atoms with Gasteiger partial charge < -0.3 is 4.90 Å². The SMILES string of the molecule is Cc1ccc(N2C(=O)N(Cc3cccc(C#N)c3)[C@@H]3CS(=O)(=O)C[C@@H]32)cc1Cl. The minimum atomic E-state index is -3.25. The number of hydrogen-bond acceptors (Lipinski definition) is 4. The first-order chi connectivity index (χ1) is 13.3. The van der Waals surface area contributed by atoms with Crippen LogP contribution in [0.25, 0.3) is 0 Å². The van der Waals surface area contributed by atoms with Crippen molar-refractivity contribution in [2.24, 2.45) is 0 Å². The number of hydrogen-bond donors (Lipinski definition) is 0. The number of nitrogens with zero attached hydrogens (tertiary/aromatic N) is 3. The molecule has 2 saturated heterocycles. The van der Waals surface area contributed by atoms with Crippen molar-refractivity contribution in [1.82, 2.24) is 4.90 Å². The van der Waals surface area contributed by atoms with E-state index in [1.54, 1.807) is 40.1 Å². The molecule has 28 heavy (non-hydrogen) atoms. The molecule has 2 amide bonds. The molecular weight excluding hydrogens is 398 g/mol. The molecular formula is C20H18ClN3O3S. The van der Waals surface area contributed by atoms with E-state index in [9.17, 15) is 13.2 Å². The molecule has 2 aromatic rings. The molecule has 0 unspecified atom stereocenters. The van der Waals surface area contributed by atoms with E-state index in [1.165, 1.54) is 0 Å². The molecule has 2 aliphatic rings. The molecule has 0 radical (unpaired) electrons. The Morgan fingerprint density at radius 1 is 1.18 bits per heavy atom. The highest BCUT2D eigenvalue weighted by atomic mass is 35.5.